The Morgan fingerprint density at radius 3 is 2.75 bits per heavy atom. The Bertz CT molecular complexity index is 955. The topological polar surface area (TPSA) is 59.4 Å². The fourth-order valence-corrected chi connectivity index (χ4v) is 3.72. The third-order valence-electron chi connectivity index (χ3n) is 4.53. The summed E-state index contributed by atoms with van der Waals surface area (Å²) in [4.78, 5) is 15.8. The number of aliphatic carboxylic acids is 1. The van der Waals surface area contributed by atoms with Crippen molar-refractivity contribution in [1.29, 1.82) is 0 Å². The highest BCUT2D eigenvalue weighted by atomic mass is 32.2. The first-order valence-corrected chi connectivity index (χ1v) is 10.4. The first kappa shape index (κ1) is 20.2. The van der Waals surface area contributed by atoms with Gasteiger partial charge in [-0.15, -0.1) is 11.8 Å². The molecule has 3 aromatic rings. The number of pyridine rings is 1. The van der Waals surface area contributed by atoms with Crippen LogP contribution in [0.5, 0.6) is 5.75 Å². The van der Waals surface area contributed by atoms with Gasteiger partial charge in [0.15, 0.2) is 0 Å². The van der Waals surface area contributed by atoms with E-state index in [2.05, 4.69) is 17.1 Å². The summed E-state index contributed by atoms with van der Waals surface area (Å²) >= 11 is 1.48. The second kappa shape index (κ2) is 9.11. The number of carbonyl (C=O) groups is 1. The highest BCUT2D eigenvalue weighted by molar-refractivity contribution is 8.01. The summed E-state index contributed by atoms with van der Waals surface area (Å²) in [6.07, 6.45) is 1.82. The van der Waals surface area contributed by atoms with E-state index < -0.39 is 10.7 Å². The smallest absolute Gasteiger partial charge is 0.319 e. The molecule has 0 spiro atoms. The van der Waals surface area contributed by atoms with Crippen molar-refractivity contribution < 1.29 is 14.6 Å². The Hall–Kier alpha value is -2.53. The number of carboxylic acids is 1. The average Bonchev–Trinajstić information content (AvgIpc) is 2.70. The summed E-state index contributed by atoms with van der Waals surface area (Å²) in [5.41, 5.74) is 3.06. The Balaban J connectivity index is 1.52. The molecule has 0 amide bonds. The Morgan fingerprint density at radius 1 is 1.11 bits per heavy atom. The Morgan fingerprint density at radius 2 is 1.93 bits per heavy atom. The van der Waals surface area contributed by atoms with Crippen LogP contribution in [0.4, 0.5) is 0 Å². The zero-order valence-corrected chi connectivity index (χ0v) is 17.0. The summed E-state index contributed by atoms with van der Waals surface area (Å²) in [5.74, 6) is 0.868. The highest BCUT2D eigenvalue weighted by Crippen LogP contribution is 2.26. The number of aryl methyl sites for hydroxylation is 1. The molecule has 0 unspecified atom stereocenters. The molecule has 3 rings (SSSR count). The summed E-state index contributed by atoms with van der Waals surface area (Å²) < 4.78 is 5.19. The van der Waals surface area contributed by atoms with Crippen LogP contribution in [0.15, 0.2) is 60.7 Å². The number of rotatable bonds is 9. The van der Waals surface area contributed by atoms with E-state index in [9.17, 15) is 4.79 Å². The van der Waals surface area contributed by atoms with Crippen LogP contribution < -0.4 is 4.74 Å². The lowest BCUT2D eigenvalue weighted by molar-refractivity contribution is -0.138. The van der Waals surface area contributed by atoms with Crippen molar-refractivity contribution in [1.82, 2.24) is 4.98 Å². The van der Waals surface area contributed by atoms with E-state index in [1.54, 1.807) is 13.8 Å². The number of thioether (sulfide) groups is 1. The minimum Gasteiger partial charge on any atom is -0.487 e. The molecule has 146 valence electrons. The number of benzene rings is 2. The largest absolute Gasteiger partial charge is 0.487 e. The molecule has 1 N–H and O–H groups in total. The quantitative estimate of drug-likeness (QED) is 0.495. The minimum absolute atomic E-state index is 0.428. The van der Waals surface area contributed by atoms with Crippen LogP contribution in [0, 0.1) is 0 Å². The highest BCUT2D eigenvalue weighted by Gasteiger charge is 2.26. The molecule has 1 aromatic heterocycles. The molecule has 0 atom stereocenters. The molecule has 1 heterocycles. The van der Waals surface area contributed by atoms with Crippen molar-refractivity contribution in [2.24, 2.45) is 0 Å². The normalized spacial score (nSPS) is 11.5. The molecule has 0 saturated heterocycles. The molecule has 4 nitrogen and oxygen atoms in total. The van der Waals surface area contributed by atoms with Crippen LogP contribution in [-0.2, 0) is 17.8 Å². The van der Waals surface area contributed by atoms with Gasteiger partial charge in [-0.3, -0.25) is 4.79 Å². The van der Waals surface area contributed by atoms with Crippen LogP contribution in [0.3, 0.4) is 0 Å². The fraction of sp³-hybridized carbons (Fsp3) is 0.304. The van der Waals surface area contributed by atoms with Crippen LogP contribution in [0.25, 0.3) is 10.9 Å². The van der Waals surface area contributed by atoms with Crippen molar-refractivity contribution in [3.05, 3.63) is 71.9 Å². The Labute approximate surface area is 170 Å². The second-order valence-corrected chi connectivity index (χ2v) is 8.92. The molecule has 0 saturated carbocycles. The Kier molecular flexibility index (Phi) is 6.57. The summed E-state index contributed by atoms with van der Waals surface area (Å²) in [5, 5.41) is 10.3. The van der Waals surface area contributed by atoms with Gasteiger partial charge in [0.05, 0.1) is 11.2 Å². The van der Waals surface area contributed by atoms with Gasteiger partial charge in [0.2, 0.25) is 0 Å². The molecule has 0 aliphatic heterocycles. The van der Waals surface area contributed by atoms with Gasteiger partial charge in [0.25, 0.3) is 0 Å². The summed E-state index contributed by atoms with van der Waals surface area (Å²) in [6.45, 7) is 3.92. The standard InChI is InChI=1S/C23H25NO3S/c1-23(2,22(25)26)28-14-6-8-17-7-5-10-20(15-17)27-16-19-13-12-18-9-3-4-11-21(18)24-19/h3-5,7,9-13,15H,6,8,14,16H2,1-2H3,(H,25,26). The van der Waals surface area contributed by atoms with Gasteiger partial charge in [-0.1, -0.05) is 36.4 Å². The lowest BCUT2D eigenvalue weighted by Crippen LogP contribution is -2.27. The lowest BCUT2D eigenvalue weighted by Gasteiger charge is -2.18. The zero-order chi connectivity index (χ0) is 20.0. The average molecular weight is 396 g/mol. The second-order valence-electron chi connectivity index (χ2n) is 7.20. The van der Waals surface area contributed by atoms with E-state index in [1.807, 2.05) is 48.5 Å². The van der Waals surface area contributed by atoms with Crippen LogP contribution in [-0.4, -0.2) is 26.6 Å². The maximum absolute atomic E-state index is 11.1. The van der Waals surface area contributed by atoms with Crippen molar-refractivity contribution in [3.8, 4) is 5.75 Å². The van der Waals surface area contributed by atoms with Crippen LogP contribution in [0.2, 0.25) is 0 Å². The molecular weight excluding hydrogens is 370 g/mol. The number of para-hydroxylation sites is 1. The predicted molar refractivity (Wildman–Crippen MR) is 115 cm³/mol. The van der Waals surface area contributed by atoms with E-state index in [-0.39, 0.29) is 0 Å². The maximum Gasteiger partial charge on any atom is 0.319 e. The van der Waals surface area contributed by atoms with E-state index in [0.717, 1.165) is 40.9 Å². The maximum atomic E-state index is 11.1. The number of nitrogens with zero attached hydrogens (tertiary/aromatic N) is 1. The monoisotopic (exact) mass is 395 g/mol. The van der Waals surface area contributed by atoms with Gasteiger partial charge in [-0.2, -0.15) is 0 Å². The molecular formula is C23H25NO3S. The number of hydrogen-bond donors (Lipinski definition) is 1. The van der Waals surface area contributed by atoms with Crippen molar-refractivity contribution >= 4 is 28.6 Å². The van der Waals surface area contributed by atoms with Gasteiger partial charge >= 0.3 is 5.97 Å². The van der Waals surface area contributed by atoms with Gasteiger partial charge in [-0.05, 0) is 62.3 Å². The van der Waals surface area contributed by atoms with Crippen LogP contribution >= 0.6 is 11.8 Å². The van der Waals surface area contributed by atoms with E-state index in [1.165, 1.54) is 17.3 Å². The van der Waals surface area contributed by atoms with Gasteiger partial charge < -0.3 is 9.84 Å². The predicted octanol–water partition coefficient (Wildman–Crippen LogP) is 5.34. The number of fused-ring (bicyclic) bond motifs is 1. The third kappa shape index (κ3) is 5.49. The summed E-state index contributed by atoms with van der Waals surface area (Å²) in [7, 11) is 0. The number of hydrogen-bond acceptors (Lipinski definition) is 4. The molecule has 0 bridgehead atoms. The SMILES string of the molecule is CC(C)(SCCCc1cccc(OCc2ccc3ccccc3n2)c1)C(=O)O. The lowest BCUT2D eigenvalue weighted by atomic mass is 10.1. The van der Waals surface area contributed by atoms with E-state index in [4.69, 9.17) is 9.84 Å². The van der Waals surface area contributed by atoms with Crippen molar-refractivity contribution in [2.45, 2.75) is 38.0 Å². The molecule has 28 heavy (non-hydrogen) atoms. The minimum atomic E-state index is -0.768. The molecule has 5 heteroatoms. The fourth-order valence-electron chi connectivity index (χ4n) is 2.80. The van der Waals surface area contributed by atoms with Gasteiger partial charge in [0, 0.05) is 5.39 Å². The third-order valence-corrected chi connectivity index (χ3v) is 5.92. The molecule has 0 aliphatic rings. The molecule has 0 aliphatic carbocycles. The van der Waals surface area contributed by atoms with Crippen molar-refractivity contribution in [3.63, 3.8) is 0 Å². The van der Waals surface area contributed by atoms with E-state index >= 15 is 0 Å². The van der Waals surface area contributed by atoms with Crippen LogP contribution in [0.1, 0.15) is 31.5 Å². The first-order valence-electron chi connectivity index (χ1n) is 9.38. The summed E-state index contributed by atoms with van der Waals surface area (Å²) in [6, 6.07) is 20.2. The van der Waals surface area contributed by atoms with E-state index in [0.29, 0.717) is 6.61 Å². The number of aromatic nitrogens is 1. The van der Waals surface area contributed by atoms with Gasteiger partial charge in [0.1, 0.15) is 17.1 Å². The molecule has 0 fully saturated rings. The number of carboxylic acid groups (broad SMARTS) is 1. The first-order chi connectivity index (χ1) is 13.4. The molecule has 2 aromatic carbocycles. The van der Waals surface area contributed by atoms with Crippen molar-refractivity contribution in [2.75, 3.05) is 5.75 Å². The zero-order valence-electron chi connectivity index (χ0n) is 16.2. The molecule has 0 radical (unpaired) electrons. The van der Waals surface area contributed by atoms with Gasteiger partial charge in [-0.25, -0.2) is 4.98 Å². The number of ether oxygens (including phenoxy) is 1.